The number of benzene rings is 2. The van der Waals surface area contributed by atoms with E-state index in [4.69, 9.17) is 4.74 Å². The van der Waals surface area contributed by atoms with Gasteiger partial charge >= 0.3 is 0 Å². The maximum absolute atomic E-state index is 13.0. The van der Waals surface area contributed by atoms with Gasteiger partial charge in [0.15, 0.2) is 5.78 Å². The molecule has 1 unspecified atom stereocenters. The van der Waals surface area contributed by atoms with Gasteiger partial charge < -0.3 is 25.2 Å². The summed E-state index contributed by atoms with van der Waals surface area (Å²) in [6.45, 7) is 9.93. The van der Waals surface area contributed by atoms with Crippen molar-refractivity contribution < 1.29 is 30.0 Å². The summed E-state index contributed by atoms with van der Waals surface area (Å²) in [5.41, 5.74) is 2.84. The first-order chi connectivity index (χ1) is 15.0. The number of aromatic hydroxyl groups is 4. The maximum Gasteiger partial charge on any atom is 0.170 e. The molecule has 32 heavy (non-hydrogen) atoms. The average molecular weight is 441 g/mol. The van der Waals surface area contributed by atoms with Crippen LogP contribution in [0.5, 0.6) is 28.7 Å². The average Bonchev–Trinajstić information content (AvgIpc) is 2.71. The number of ketones is 1. The van der Waals surface area contributed by atoms with E-state index in [0.717, 1.165) is 11.1 Å². The minimum Gasteiger partial charge on any atom is -0.508 e. The second kappa shape index (κ2) is 10.8. The number of aryl methyl sites for hydroxylation is 1. The van der Waals surface area contributed by atoms with Gasteiger partial charge in [0, 0.05) is 24.1 Å². The molecular weight excluding hydrogens is 408 g/mol. The van der Waals surface area contributed by atoms with Crippen molar-refractivity contribution in [2.24, 2.45) is 5.92 Å². The zero-order chi connectivity index (χ0) is 24.0. The van der Waals surface area contributed by atoms with Gasteiger partial charge in [-0.2, -0.15) is 0 Å². The van der Waals surface area contributed by atoms with Gasteiger partial charge in [-0.3, -0.25) is 4.79 Å². The molecule has 6 heteroatoms. The third-order valence-electron chi connectivity index (χ3n) is 5.49. The molecule has 0 aliphatic rings. The van der Waals surface area contributed by atoms with E-state index in [9.17, 15) is 25.2 Å². The van der Waals surface area contributed by atoms with E-state index in [0.29, 0.717) is 18.4 Å². The molecule has 6 nitrogen and oxygen atoms in total. The summed E-state index contributed by atoms with van der Waals surface area (Å²) < 4.78 is 5.26. The highest BCUT2D eigenvalue weighted by Gasteiger charge is 2.25. The van der Waals surface area contributed by atoms with Crippen molar-refractivity contribution in [3.63, 3.8) is 0 Å². The van der Waals surface area contributed by atoms with Crippen LogP contribution in [0.25, 0.3) is 0 Å². The molecule has 0 aliphatic heterocycles. The summed E-state index contributed by atoms with van der Waals surface area (Å²) in [4.78, 5) is 13.0. The number of carbonyl (C=O) groups is 1. The van der Waals surface area contributed by atoms with Gasteiger partial charge in [0.1, 0.15) is 34.3 Å². The lowest BCUT2D eigenvalue weighted by Gasteiger charge is -2.20. The van der Waals surface area contributed by atoms with Crippen molar-refractivity contribution in [1.82, 2.24) is 0 Å². The third-order valence-corrected chi connectivity index (χ3v) is 5.49. The van der Waals surface area contributed by atoms with Crippen LogP contribution >= 0.6 is 0 Å². The Morgan fingerprint density at radius 2 is 1.78 bits per heavy atom. The number of phenolic OH excluding ortho intramolecular Hbond substituents is 4. The molecule has 0 fully saturated rings. The van der Waals surface area contributed by atoms with Crippen LogP contribution in [-0.4, -0.2) is 33.3 Å². The molecule has 0 saturated heterocycles. The van der Waals surface area contributed by atoms with Gasteiger partial charge in [0.25, 0.3) is 0 Å². The van der Waals surface area contributed by atoms with E-state index >= 15 is 0 Å². The zero-order valence-electron chi connectivity index (χ0n) is 19.1. The van der Waals surface area contributed by atoms with Gasteiger partial charge in [-0.25, -0.2) is 0 Å². The predicted molar refractivity (Wildman–Crippen MR) is 125 cm³/mol. The maximum atomic E-state index is 13.0. The molecule has 2 aromatic carbocycles. The Bertz CT molecular complexity index is 1030. The molecule has 0 bridgehead atoms. The Balaban J connectivity index is 2.36. The number of methoxy groups -OCH3 is 1. The molecule has 2 rings (SSSR count). The molecule has 0 radical (unpaired) electrons. The molecule has 2 aromatic rings. The number of ether oxygens (including phenoxy) is 1. The molecule has 4 N–H and O–H groups in total. The number of Topliss-reactive ketones (excluding diaryl/α,β-unsaturated/α-hetero) is 1. The number of hydrogen-bond acceptors (Lipinski definition) is 6. The standard InChI is InChI=1S/C26H32O6/c1-15(2)6-7-18(16(3)4)12-20-23(30)14-24(32-5)25(26(20)31)21(28)11-9-17-8-10-19(27)13-22(17)29/h6,8,10,13-14,18,27,29-31H,3,7,9,11-12H2,1-2,4-5H3. The van der Waals surface area contributed by atoms with Crippen LogP contribution in [0.1, 0.15) is 55.1 Å². The van der Waals surface area contributed by atoms with E-state index in [1.54, 1.807) is 0 Å². The second-order valence-corrected chi connectivity index (χ2v) is 8.30. The highest BCUT2D eigenvalue weighted by Crippen LogP contribution is 2.41. The first kappa shape index (κ1) is 24.9. The number of phenols is 4. The number of hydrogen-bond donors (Lipinski definition) is 4. The fourth-order valence-electron chi connectivity index (χ4n) is 3.52. The van der Waals surface area contributed by atoms with Gasteiger partial charge in [-0.15, -0.1) is 0 Å². The van der Waals surface area contributed by atoms with Crippen molar-refractivity contribution in [2.45, 2.75) is 46.5 Å². The van der Waals surface area contributed by atoms with E-state index in [1.807, 2.05) is 20.8 Å². The number of carbonyl (C=O) groups excluding carboxylic acids is 1. The van der Waals surface area contributed by atoms with E-state index in [1.165, 1.54) is 31.4 Å². The molecular formula is C26H32O6. The summed E-state index contributed by atoms with van der Waals surface area (Å²) in [7, 11) is 1.36. The first-order valence-electron chi connectivity index (χ1n) is 10.5. The molecule has 0 heterocycles. The van der Waals surface area contributed by atoms with Gasteiger partial charge in [0.2, 0.25) is 0 Å². The smallest absolute Gasteiger partial charge is 0.170 e. The van der Waals surface area contributed by atoms with Crippen LogP contribution in [0.3, 0.4) is 0 Å². The van der Waals surface area contributed by atoms with Crippen molar-refractivity contribution in [3.05, 3.63) is 64.8 Å². The van der Waals surface area contributed by atoms with Crippen molar-refractivity contribution in [2.75, 3.05) is 7.11 Å². The molecule has 1 atom stereocenters. The summed E-state index contributed by atoms with van der Waals surface area (Å²) in [5, 5.41) is 40.9. The molecule has 0 aliphatic carbocycles. The summed E-state index contributed by atoms with van der Waals surface area (Å²) in [6, 6.07) is 5.52. The third kappa shape index (κ3) is 6.06. The largest absolute Gasteiger partial charge is 0.508 e. The first-order valence-corrected chi connectivity index (χ1v) is 10.5. The minimum atomic E-state index is -0.385. The van der Waals surface area contributed by atoms with Gasteiger partial charge in [-0.05, 0) is 57.6 Å². The molecule has 172 valence electrons. The SMILES string of the molecule is C=C(C)C(CC=C(C)C)Cc1c(O)cc(OC)c(C(=O)CCc2ccc(O)cc2O)c1O. The Morgan fingerprint density at radius 3 is 2.34 bits per heavy atom. The van der Waals surface area contributed by atoms with Gasteiger partial charge in [-0.1, -0.05) is 29.9 Å². The van der Waals surface area contributed by atoms with Crippen molar-refractivity contribution in [3.8, 4) is 28.7 Å². The van der Waals surface area contributed by atoms with Crippen LogP contribution in [0, 0.1) is 5.92 Å². The van der Waals surface area contributed by atoms with Crippen LogP contribution < -0.4 is 4.74 Å². The van der Waals surface area contributed by atoms with Gasteiger partial charge in [0.05, 0.1) is 7.11 Å². The van der Waals surface area contributed by atoms with Crippen LogP contribution in [0.4, 0.5) is 0 Å². The summed E-state index contributed by atoms with van der Waals surface area (Å²) in [6.07, 6.45) is 3.30. The number of rotatable bonds is 10. The topological polar surface area (TPSA) is 107 Å². The highest BCUT2D eigenvalue weighted by atomic mass is 16.5. The Labute approximate surface area is 189 Å². The van der Waals surface area contributed by atoms with E-state index < -0.39 is 0 Å². The Morgan fingerprint density at radius 1 is 1.09 bits per heavy atom. The lowest BCUT2D eigenvalue weighted by molar-refractivity contribution is 0.0976. The summed E-state index contributed by atoms with van der Waals surface area (Å²) in [5.74, 6) is -0.943. The molecule has 0 spiro atoms. The van der Waals surface area contributed by atoms with Crippen LogP contribution in [0.2, 0.25) is 0 Å². The predicted octanol–water partition coefficient (Wildman–Crippen LogP) is 5.42. The minimum absolute atomic E-state index is 0.00116. The molecule has 0 saturated carbocycles. The molecule has 0 aromatic heterocycles. The fraction of sp³-hybridized carbons (Fsp3) is 0.346. The second-order valence-electron chi connectivity index (χ2n) is 8.30. The monoisotopic (exact) mass is 440 g/mol. The highest BCUT2D eigenvalue weighted by molar-refractivity contribution is 6.02. The Kier molecular flexibility index (Phi) is 8.35. The van der Waals surface area contributed by atoms with E-state index in [2.05, 4.69) is 12.7 Å². The molecule has 0 amide bonds. The lowest BCUT2D eigenvalue weighted by atomic mass is 9.87. The zero-order valence-corrected chi connectivity index (χ0v) is 19.1. The number of allylic oxidation sites excluding steroid dienone is 3. The van der Waals surface area contributed by atoms with Crippen LogP contribution in [-0.2, 0) is 12.8 Å². The van der Waals surface area contributed by atoms with Crippen LogP contribution in [0.15, 0.2) is 48.1 Å². The quantitative estimate of drug-likeness (QED) is 0.290. The lowest BCUT2D eigenvalue weighted by Crippen LogP contribution is -2.10. The van der Waals surface area contributed by atoms with Crippen molar-refractivity contribution in [1.29, 1.82) is 0 Å². The Hall–Kier alpha value is -3.41. The fourth-order valence-corrected chi connectivity index (χ4v) is 3.52. The summed E-state index contributed by atoms with van der Waals surface area (Å²) >= 11 is 0. The van der Waals surface area contributed by atoms with Crippen molar-refractivity contribution >= 4 is 5.78 Å². The normalized spacial score (nSPS) is 11.6. The van der Waals surface area contributed by atoms with E-state index in [-0.39, 0.29) is 64.4 Å².